The number of rotatable bonds is 3. The molecule has 1 aliphatic heterocycles. The Kier molecular flexibility index (Phi) is 5.75. The first-order chi connectivity index (χ1) is 9.58. The molecule has 0 N–H and O–H groups in total. The molecule has 1 aromatic carbocycles. The van der Waals surface area contributed by atoms with Gasteiger partial charge in [-0.3, -0.25) is 4.79 Å². The van der Waals surface area contributed by atoms with Gasteiger partial charge in [-0.15, -0.1) is 11.8 Å². The van der Waals surface area contributed by atoms with Crippen LogP contribution in [0.4, 0.5) is 5.69 Å². The quantitative estimate of drug-likeness (QED) is 0.853. The average molecular weight is 313 g/mol. The molecule has 3 nitrogen and oxygen atoms in total. The molecule has 1 aliphatic rings. The summed E-state index contributed by atoms with van der Waals surface area (Å²) in [5, 5.41) is 0.690. The number of carbonyl (C=O) groups excluding carboxylic acids is 1. The van der Waals surface area contributed by atoms with E-state index in [1.807, 2.05) is 53.9 Å². The van der Waals surface area contributed by atoms with E-state index in [9.17, 15) is 4.79 Å². The molecular weight excluding hydrogens is 292 g/mol. The van der Waals surface area contributed by atoms with Crippen LogP contribution in [0.25, 0.3) is 0 Å². The van der Waals surface area contributed by atoms with Gasteiger partial charge in [-0.05, 0) is 50.9 Å². The van der Waals surface area contributed by atoms with Crippen LogP contribution in [0.3, 0.4) is 0 Å². The van der Waals surface area contributed by atoms with Gasteiger partial charge in [0.25, 0.3) is 0 Å². The van der Waals surface area contributed by atoms with E-state index in [1.165, 1.54) is 0 Å². The molecule has 0 saturated carbocycles. The maximum atomic E-state index is 12.5. The van der Waals surface area contributed by atoms with Gasteiger partial charge < -0.3 is 9.80 Å². The van der Waals surface area contributed by atoms with E-state index in [2.05, 4.69) is 0 Å². The van der Waals surface area contributed by atoms with Crippen molar-refractivity contribution in [2.24, 2.45) is 0 Å². The Bertz CT molecular complexity index is 479. The second-order valence-electron chi connectivity index (χ2n) is 5.27. The summed E-state index contributed by atoms with van der Waals surface area (Å²) >= 11 is 7.93. The summed E-state index contributed by atoms with van der Waals surface area (Å²) in [5.74, 6) is 1.29. The van der Waals surface area contributed by atoms with Crippen molar-refractivity contribution in [1.29, 1.82) is 0 Å². The Balaban J connectivity index is 2.23. The van der Waals surface area contributed by atoms with Crippen molar-refractivity contribution in [3.63, 3.8) is 0 Å². The zero-order chi connectivity index (χ0) is 14.5. The third-order valence-corrected chi connectivity index (χ3v) is 4.70. The number of anilines is 1. The first-order valence-corrected chi connectivity index (χ1v) is 8.32. The monoisotopic (exact) mass is 312 g/mol. The van der Waals surface area contributed by atoms with Crippen LogP contribution in [0, 0.1) is 0 Å². The fourth-order valence-electron chi connectivity index (χ4n) is 2.21. The summed E-state index contributed by atoms with van der Waals surface area (Å²) in [6.45, 7) is 1.57. The van der Waals surface area contributed by atoms with Crippen LogP contribution < -0.4 is 4.90 Å². The van der Waals surface area contributed by atoms with Gasteiger partial charge in [-0.25, -0.2) is 0 Å². The van der Waals surface area contributed by atoms with Gasteiger partial charge >= 0.3 is 0 Å². The second kappa shape index (κ2) is 7.34. The topological polar surface area (TPSA) is 23.6 Å². The normalized spacial score (nSPS) is 15.7. The maximum absolute atomic E-state index is 12.5. The highest BCUT2D eigenvalue weighted by molar-refractivity contribution is 7.99. The van der Waals surface area contributed by atoms with Crippen LogP contribution in [0.5, 0.6) is 0 Å². The van der Waals surface area contributed by atoms with Crippen molar-refractivity contribution < 1.29 is 4.79 Å². The van der Waals surface area contributed by atoms with Gasteiger partial charge in [0.1, 0.15) is 0 Å². The number of halogens is 1. The minimum absolute atomic E-state index is 0.185. The van der Waals surface area contributed by atoms with Gasteiger partial charge in [0.2, 0.25) is 5.91 Å². The molecular formula is C15H21ClN2OS. The molecule has 0 aromatic heterocycles. The molecule has 0 atom stereocenters. The minimum atomic E-state index is 0.185. The van der Waals surface area contributed by atoms with Crippen LogP contribution >= 0.6 is 23.4 Å². The molecule has 0 unspecified atom stereocenters. The third-order valence-electron chi connectivity index (χ3n) is 3.32. The smallest absolute Gasteiger partial charge is 0.228 e. The van der Waals surface area contributed by atoms with E-state index in [-0.39, 0.29) is 5.91 Å². The van der Waals surface area contributed by atoms with Crippen molar-refractivity contribution in [1.82, 2.24) is 4.90 Å². The summed E-state index contributed by atoms with van der Waals surface area (Å²) in [7, 11) is 3.98. The molecule has 1 aromatic rings. The molecule has 5 heteroatoms. The predicted octanol–water partition coefficient (Wildman–Crippen LogP) is 3.51. The van der Waals surface area contributed by atoms with E-state index in [1.54, 1.807) is 0 Å². The largest absolute Gasteiger partial charge is 0.311 e. The lowest BCUT2D eigenvalue weighted by atomic mass is 10.2. The van der Waals surface area contributed by atoms with Gasteiger partial charge in [-0.1, -0.05) is 11.6 Å². The lowest BCUT2D eigenvalue weighted by molar-refractivity contribution is -0.118. The molecule has 110 valence electrons. The highest BCUT2D eigenvalue weighted by Gasteiger charge is 2.20. The molecule has 0 bridgehead atoms. The van der Waals surface area contributed by atoms with Crippen LogP contribution in [0.2, 0.25) is 5.02 Å². The third kappa shape index (κ3) is 4.14. The lowest BCUT2D eigenvalue weighted by Gasteiger charge is -2.27. The second-order valence-corrected chi connectivity index (χ2v) is 6.84. The van der Waals surface area contributed by atoms with E-state index >= 15 is 0 Å². The Morgan fingerprint density at radius 1 is 1.40 bits per heavy atom. The predicted molar refractivity (Wildman–Crippen MR) is 86.9 cm³/mol. The summed E-state index contributed by atoms with van der Waals surface area (Å²) < 4.78 is 0. The van der Waals surface area contributed by atoms with Crippen molar-refractivity contribution in [3.05, 3.63) is 23.2 Å². The molecule has 0 fully saturated rings. The van der Waals surface area contributed by atoms with Gasteiger partial charge in [0, 0.05) is 29.4 Å². The number of hydrogen-bond donors (Lipinski definition) is 0. The van der Waals surface area contributed by atoms with Crippen LogP contribution in [0.15, 0.2) is 23.1 Å². The number of benzene rings is 1. The molecule has 0 aliphatic carbocycles. The van der Waals surface area contributed by atoms with E-state index in [4.69, 9.17) is 11.6 Å². The summed E-state index contributed by atoms with van der Waals surface area (Å²) in [4.78, 5) is 17.6. The minimum Gasteiger partial charge on any atom is -0.311 e. The van der Waals surface area contributed by atoms with Gasteiger partial charge in [0.15, 0.2) is 0 Å². The maximum Gasteiger partial charge on any atom is 0.228 e. The SMILES string of the molecule is CN(C)CCC(=O)N1CCCCSc2ccc(Cl)cc21. The molecule has 1 amide bonds. The molecule has 0 radical (unpaired) electrons. The zero-order valence-corrected chi connectivity index (χ0v) is 13.6. The first kappa shape index (κ1) is 15.7. The number of hydrogen-bond acceptors (Lipinski definition) is 3. The Morgan fingerprint density at radius 2 is 2.20 bits per heavy atom. The van der Waals surface area contributed by atoms with Crippen LogP contribution in [-0.2, 0) is 4.79 Å². The molecule has 0 spiro atoms. The van der Waals surface area contributed by atoms with Crippen LogP contribution in [0.1, 0.15) is 19.3 Å². The van der Waals surface area contributed by atoms with Crippen molar-refractivity contribution in [2.45, 2.75) is 24.2 Å². The van der Waals surface area contributed by atoms with E-state index < -0.39 is 0 Å². The van der Waals surface area contributed by atoms with Crippen molar-refractivity contribution in [3.8, 4) is 0 Å². The molecule has 1 heterocycles. The van der Waals surface area contributed by atoms with E-state index in [0.717, 1.165) is 42.3 Å². The molecule has 2 rings (SSSR count). The number of fused-ring (bicyclic) bond motifs is 1. The van der Waals surface area contributed by atoms with Gasteiger partial charge in [-0.2, -0.15) is 0 Å². The number of nitrogens with zero attached hydrogens (tertiary/aromatic N) is 2. The van der Waals surface area contributed by atoms with Crippen LogP contribution in [-0.4, -0.2) is 43.7 Å². The van der Waals surface area contributed by atoms with E-state index in [0.29, 0.717) is 11.4 Å². The Hall–Kier alpha value is -0.710. The average Bonchev–Trinajstić information content (AvgIpc) is 2.38. The van der Waals surface area contributed by atoms with Gasteiger partial charge in [0.05, 0.1) is 5.69 Å². The number of amides is 1. The Labute approximate surface area is 130 Å². The zero-order valence-electron chi connectivity index (χ0n) is 12.1. The van der Waals surface area contributed by atoms with Crippen molar-refractivity contribution in [2.75, 3.05) is 37.8 Å². The Morgan fingerprint density at radius 3 is 2.95 bits per heavy atom. The summed E-state index contributed by atoms with van der Waals surface area (Å²) in [6.07, 6.45) is 2.74. The standard InChI is InChI=1S/C15H21ClN2OS/c1-17(2)9-7-15(19)18-8-3-4-10-20-14-6-5-12(16)11-13(14)18/h5-6,11H,3-4,7-10H2,1-2H3. The first-order valence-electron chi connectivity index (χ1n) is 6.95. The summed E-state index contributed by atoms with van der Waals surface area (Å²) in [6, 6.07) is 5.85. The lowest BCUT2D eigenvalue weighted by Crippen LogP contribution is -2.35. The highest BCUT2D eigenvalue weighted by Crippen LogP contribution is 2.35. The molecule has 20 heavy (non-hydrogen) atoms. The fourth-order valence-corrected chi connectivity index (χ4v) is 3.43. The number of thioether (sulfide) groups is 1. The highest BCUT2D eigenvalue weighted by atomic mass is 35.5. The molecule has 0 saturated heterocycles. The summed E-state index contributed by atoms with van der Waals surface area (Å²) in [5.41, 5.74) is 0.978. The van der Waals surface area contributed by atoms with Crippen molar-refractivity contribution >= 4 is 35.0 Å². The fraction of sp³-hybridized carbons (Fsp3) is 0.533. The number of carbonyl (C=O) groups is 1.